The number of methoxy groups -OCH3 is 1. The average Bonchev–Trinajstić information content (AvgIpc) is 2.37. The van der Waals surface area contributed by atoms with Gasteiger partial charge in [0.05, 0.1) is 19.2 Å². The molecule has 108 valence electrons. The van der Waals surface area contributed by atoms with E-state index in [4.69, 9.17) is 10.5 Å². The molecule has 1 amide bonds. The molecule has 2 atom stereocenters. The van der Waals surface area contributed by atoms with Crippen molar-refractivity contribution < 1.29 is 9.53 Å². The molecule has 0 aromatic heterocycles. The monoisotopic (exact) mass is 286 g/mol. The minimum Gasteiger partial charge on any atom is -0.497 e. The van der Waals surface area contributed by atoms with Crippen molar-refractivity contribution in [2.75, 3.05) is 7.11 Å². The Morgan fingerprint density at radius 1 is 1.21 bits per heavy atom. The van der Waals surface area contributed by atoms with Crippen molar-refractivity contribution in [2.24, 2.45) is 11.7 Å². The zero-order chi connectivity index (χ0) is 13.7. The van der Waals surface area contributed by atoms with Crippen molar-refractivity contribution in [1.82, 2.24) is 5.32 Å². The summed E-state index contributed by atoms with van der Waals surface area (Å²) >= 11 is 0. The number of amides is 1. The highest BCUT2D eigenvalue weighted by atomic mass is 35.5. The topological polar surface area (TPSA) is 64.3 Å². The predicted molar refractivity (Wildman–Crippen MR) is 79.6 cm³/mol. The molecule has 5 heteroatoms. The lowest BCUT2D eigenvalue weighted by Crippen LogP contribution is -2.44. The number of nitrogens with two attached hydrogens (primary N) is 1. The van der Waals surface area contributed by atoms with Crippen LogP contribution in [0.2, 0.25) is 0 Å². The van der Waals surface area contributed by atoms with Gasteiger partial charge in [0.1, 0.15) is 5.75 Å². The molecular formula is C14H23ClN2O2. The van der Waals surface area contributed by atoms with Crippen LogP contribution in [0.15, 0.2) is 24.3 Å². The fraction of sp³-hybridized carbons (Fsp3) is 0.500. The number of carbonyl (C=O) groups excluding carboxylic acids is 1. The molecule has 1 aromatic carbocycles. The number of benzene rings is 1. The van der Waals surface area contributed by atoms with Crippen LogP contribution in [0.1, 0.15) is 32.4 Å². The molecule has 1 aromatic rings. The maximum Gasteiger partial charge on any atom is 0.237 e. The molecule has 3 N–H and O–H groups in total. The van der Waals surface area contributed by atoms with E-state index in [9.17, 15) is 4.79 Å². The summed E-state index contributed by atoms with van der Waals surface area (Å²) in [6, 6.07) is 7.09. The van der Waals surface area contributed by atoms with Gasteiger partial charge in [0.15, 0.2) is 0 Å². The van der Waals surface area contributed by atoms with Gasteiger partial charge in [-0.3, -0.25) is 4.79 Å². The molecule has 0 saturated carbocycles. The Kier molecular flexibility index (Phi) is 7.49. The Balaban J connectivity index is 0.00000324. The summed E-state index contributed by atoms with van der Waals surface area (Å²) in [5, 5.41) is 2.91. The predicted octanol–water partition coefficient (Wildman–Crippen LogP) is 2.28. The molecule has 19 heavy (non-hydrogen) atoms. The summed E-state index contributed by atoms with van der Waals surface area (Å²) in [6.45, 7) is 5.80. The number of hydrogen-bond acceptors (Lipinski definition) is 3. The third kappa shape index (κ3) is 5.09. The van der Waals surface area contributed by atoms with Crippen LogP contribution >= 0.6 is 12.4 Å². The summed E-state index contributed by atoms with van der Waals surface area (Å²) in [7, 11) is 1.63. The van der Waals surface area contributed by atoms with Crippen LogP contribution in [0.25, 0.3) is 0 Å². The van der Waals surface area contributed by atoms with Crippen LogP contribution in [0.5, 0.6) is 5.75 Å². The van der Waals surface area contributed by atoms with Gasteiger partial charge in [-0.15, -0.1) is 12.4 Å². The van der Waals surface area contributed by atoms with Gasteiger partial charge in [-0.1, -0.05) is 26.0 Å². The maximum atomic E-state index is 11.8. The first-order chi connectivity index (χ1) is 8.45. The van der Waals surface area contributed by atoms with Gasteiger partial charge in [0.25, 0.3) is 0 Å². The van der Waals surface area contributed by atoms with Crippen molar-refractivity contribution in [3.63, 3.8) is 0 Å². The van der Waals surface area contributed by atoms with E-state index >= 15 is 0 Å². The Hall–Kier alpha value is -1.26. The van der Waals surface area contributed by atoms with Crippen LogP contribution < -0.4 is 15.8 Å². The van der Waals surface area contributed by atoms with Gasteiger partial charge >= 0.3 is 0 Å². The van der Waals surface area contributed by atoms with Gasteiger partial charge in [-0.25, -0.2) is 0 Å². The number of rotatable bonds is 5. The van der Waals surface area contributed by atoms with E-state index in [1.807, 2.05) is 45.0 Å². The van der Waals surface area contributed by atoms with Gasteiger partial charge in [0.2, 0.25) is 5.91 Å². The average molecular weight is 287 g/mol. The molecule has 0 aliphatic heterocycles. The van der Waals surface area contributed by atoms with Crippen LogP contribution in [-0.2, 0) is 4.79 Å². The highest BCUT2D eigenvalue weighted by Gasteiger charge is 2.19. The Morgan fingerprint density at radius 3 is 2.16 bits per heavy atom. The number of carbonyl (C=O) groups is 1. The van der Waals surface area contributed by atoms with E-state index in [2.05, 4.69) is 5.32 Å². The zero-order valence-corrected chi connectivity index (χ0v) is 12.7. The van der Waals surface area contributed by atoms with Crippen LogP contribution in [0, 0.1) is 5.92 Å². The maximum absolute atomic E-state index is 11.8. The Labute approximate surface area is 121 Å². The van der Waals surface area contributed by atoms with Crippen molar-refractivity contribution in [1.29, 1.82) is 0 Å². The van der Waals surface area contributed by atoms with Crippen LogP contribution in [0.4, 0.5) is 0 Å². The van der Waals surface area contributed by atoms with E-state index in [1.165, 1.54) is 0 Å². The summed E-state index contributed by atoms with van der Waals surface area (Å²) in [6.07, 6.45) is 0. The molecule has 0 bridgehead atoms. The molecule has 0 radical (unpaired) electrons. The van der Waals surface area contributed by atoms with Crippen molar-refractivity contribution in [3.05, 3.63) is 29.8 Å². The lowest BCUT2D eigenvalue weighted by molar-refractivity contribution is -0.123. The smallest absolute Gasteiger partial charge is 0.237 e. The lowest BCUT2D eigenvalue weighted by atomic mass is 10.0. The first-order valence-electron chi connectivity index (χ1n) is 6.15. The molecule has 0 fully saturated rings. The third-order valence-electron chi connectivity index (χ3n) is 3.00. The van der Waals surface area contributed by atoms with Gasteiger partial charge in [-0.05, 0) is 30.5 Å². The molecule has 0 unspecified atom stereocenters. The van der Waals surface area contributed by atoms with E-state index in [-0.39, 0.29) is 30.3 Å². The summed E-state index contributed by atoms with van der Waals surface area (Å²) in [5.74, 6) is 0.817. The lowest BCUT2D eigenvalue weighted by Gasteiger charge is -2.20. The van der Waals surface area contributed by atoms with Crippen molar-refractivity contribution >= 4 is 18.3 Å². The van der Waals surface area contributed by atoms with Gasteiger partial charge < -0.3 is 15.8 Å². The van der Waals surface area contributed by atoms with E-state index < -0.39 is 6.04 Å². The number of hydrogen-bond donors (Lipinski definition) is 2. The normalized spacial score (nSPS) is 13.4. The first kappa shape index (κ1) is 17.7. The molecule has 4 nitrogen and oxygen atoms in total. The summed E-state index contributed by atoms with van der Waals surface area (Å²) in [5.41, 5.74) is 6.83. The van der Waals surface area contributed by atoms with Crippen LogP contribution in [0.3, 0.4) is 0 Å². The molecule has 0 heterocycles. The molecule has 0 saturated heterocycles. The Bertz CT molecular complexity index is 393. The summed E-state index contributed by atoms with van der Waals surface area (Å²) < 4.78 is 5.09. The molecule has 0 aliphatic rings. The molecular weight excluding hydrogens is 264 g/mol. The fourth-order valence-electron chi connectivity index (χ4n) is 1.59. The number of halogens is 1. The minimum absolute atomic E-state index is 0. The Morgan fingerprint density at radius 2 is 1.74 bits per heavy atom. The van der Waals surface area contributed by atoms with E-state index in [1.54, 1.807) is 7.11 Å². The van der Waals surface area contributed by atoms with E-state index in [0.29, 0.717) is 0 Å². The first-order valence-corrected chi connectivity index (χ1v) is 6.15. The van der Waals surface area contributed by atoms with Crippen molar-refractivity contribution in [2.45, 2.75) is 32.9 Å². The minimum atomic E-state index is -0.467. The number of ether oxygens (including phenoxy) is 1. The zero-order valence-electron chi connectivity index (χ0n) is 11.8. The summed E-state index contributed by atoms with van der Waals surface area (Å²) in [4.78, 5) is 11.8. The second kappa shape index (κ2) is 8.02. The fourth-order valence-corrected chi connectivity index (χ4v) is 1.59. The third-order valence-corrected chi connectivity index (χ3v) is 3.00. The van der Waals surface area contributed by atoms with Gasteiger partial charge in [-0.2, -0.15) is 0 Å². The molecule has 0 aliphatic carbocycles. The highest BCUT2D eigenvalue weighted by molar-refractivity contribution is 5.85. The second-order valence-corrected chi connectivity index (χ2v) is 4.77. The molecule has 0 spiro atoms. The largest absolute Gasteiger partial charge is 0.497 e. The quantitative estimate of drug-likeness (QED) is 0.873. The van der Waals surface area contributed by atoms with Crippen LogP contribution in [-0.4, -0.2) is 19.1 Å². The SMILES string of the molecule is COc1ccc([C@@H](C)NC(=O)[C@H](N)C(C)C)cc1.Cl. The second-order valence-electron chi connectivity index (χ2n) is 4.77. The molecule has 1 rings (SSSR count). The van der Waals surface area contributed by atoms with Gasteiger partial charge in [0, 0.05) is 0 Å². The number of nitrogens with one attached hydrogen (secondary N) is 1. The highest BCUT2D eigenvalue weighted by Crippen LogP contribution is 2.17. The van der Waals surface area contributed by atoms with Crippen molar-refractivity contribution in [3.8, 4) is 5.75 Å². The standard InChI is InChI=1S/C14H22N2O2.ClH/c1-9(2)13(15)14(17)16-10(3)11-5-7-12(18-4)8-6-11;/h5-10,13H,15H2,1-4H3,(H,16,17);1H/t10-,13-;/m1./s1. The van der Waals surface area contributed by atoms with E-state index in [0.717, 1.165) is 11.3 Å².